The van der Waals surface area contributed by atoms with E-state index in [1.54, 1.807) is 4.90 Å². The SMILES string of the molecule is CCC1C(C)CCN1C(=O)C(CCC(=O)O)NC(=O)OCC1c2ccccc2-c2ccccc21. The van der Waals surface area contributed by atoms with Crippen LogP contribution in [-0.4, -0.2) is 53.2 Å². The monoisotopic (exact) mass is 464 g/mol. The molecular weight excluding hydrogens is 432 g/mol. The molecule has 1 aliphatic heterocycles. The molecule has 2 N–H and O–H groups in total. The lowest BCUT2D eigenvalue weighted by Crippen LogP contribution is -2.50. The number of ether oxygens (including phenoxy) is 1. The smallest absolute Gasteiger partial charge is 0.407 e. The highest BCUT2D eigenvalue weighted by atomic mass is 16.5. The molecular formula is C27H32N2O5. The van der Waals surface area contributed by atoms with E-state index in [1.165, 1.54) is 0 Å². The lowest BCUT2D eigenvalue weighted by Gasteiger charge is -2.30. The van der Waals surface area contributed by atoms with E-state index in [9.17, 15) is 14.4 Å². The van der Waals surface area contributed by atoms with Crippen molar-refractivity contribution >= 4 is 18.0 Å². The van der Waals surface area contributed by atoms with Crippen molar-refractivity contribution in [2.75, 3.05) is 13.2 Å². The van der Waals surface area contributed by atoms with Crippen LogP contribution in [0.2, 0.25) is 0 Å². The number of carbonyl (C=O) groups excluding carboxylic acids is 2. The van der Waals surface area contributed by atoms with Gasteiger partial charge in [0.1, 0.15) is 12.6 Å². The summed E-state index contributed by atoms with van der Waals surface area (Å²) in [5, 5.41) is 11.8. The fourth-order valence-corrected chi connectivity index (χ4v) is 5.41. The maximum atomic E-state index is 13.3. The number of rotatable bonds is 8. The number of likely N-dealkylation sites (tertiary alicyclic amines) is 1. The lowest BCUT2D eigenvalue weighted by molar-refractivity contribution is -0.138. The molecule has 2 aromatic carbocycles. The summed E-state index contributed by atoms with van der Waals surface area (Å²) in [6, 6.07) is 15.3. The first-order valence-electron chi connectivity index (χ1n) is 12.0. The number of hydrogen-bond acceptors (Lipinski definition) is 4. The van der Waals surface area contributed by atoms with Crippen LogP contribution >= 0.6 is 0 Å². The number of carbonyl (C=O) groups is 3. The minimum absolute atomic E-state index is 0.0275. The number of carboxylic acids is 1. The van der Waals surface area contributed by atoms with Crippen LogP contribution in [0.5, 0.6) is 0 Å². The van der Waals surface area contributed by atoms with Crippen LogP contribution in [-0.2, 0) is 14.3 Å². The van der Waals surface area contributed by atoms with Crippen LogP contribution in [0.3, 0.4) is 0 Å². The molecule has 2 aromatic rings. The molecule has 0 radical (unpaired) electrons. The Morgan fingerprint density at radius 2 is 1.71 bits per heavy atom. The normalized spacial score (nSPS) is 19.9. The molecule has 4 rings (SSSR count). The molecule has 1 saturated heterocycles. The number of aliphatic carboxylic acids is 1. The molecule has 0 aromatic heterocycles. The van der Waals surface area contributed by atoms with Crippen molar-refractivity contribution < 1.29 is 24.2 Å². The van der Waals surface area contributed by atoms with Crippen molar-refractivity contribution in [1.82, 2.24) is 10.2 Å². The molecule has 1 fully saturated rings. The van der Waals surface area contributed by atoms with Gasteiger partial charge >= 0.3 is 12.1 Å². The zero-order chi connectivity index (χ0) is 24.2. The van der Waals surface area contributed by atoms with Gasteiger partial charge in [0.25, 0.3) is 0 Å². The number of nitrogens with one attached hydrogen (secondary N) is 1. The van der Waals surface area contributed by atoms with Gasteiger partial charge in [-0.3, -0.25) is 9.59 Å². The Bertz CT molecular complexity index is 1020. The van der Waals surface area contributed by atoms with Gasteiger partial charge in [0, 0.05) is 24.9 Å². The van der Waals surface area contributed by atoms with E-state index in [4.69, 9.17) is 9.84 Å². The third kappa shape index (κ3) is 4.79. The summed E-state index contributed by atoms with van der Waals surface area (Å²) in [4.78, 5) is 39.0. The van der Waals surface area contributed by atoms with Crippen molar-refractivity contribution in [3.05, 3.63) is 59.7 Å². The van der Waals surface area contributed by atoms with Crippen LogP contribution in [0.1, 0.15) is 56.6 Å². The summed E-state index contributed by atoms with van der Waals surface area (Å²) in [5.41, 5.74) is 4.48. The maximum Gasteiger partial charge on any atom is 0.407 e. The topological polar surface area (TPSA) is 95.9 Å². The van der Waals surface area contributed by atoms with Gasteiger partial charge in [-0.15, -0.1) is 0 Å². The highest BCUT2D eigenvalue weighted by molar-refractivity contribution is 5.87. The quantitative estimate of drug-likeness (QED) is 0.604. The lowest BCUT2D eigenvalue weighted by atomic mass is 9.98. The molecule has 7 heteroatoms. The molecule has 2 aliphatic rings. The van der Waals surface area contributed by atoms with Gasteiger partial charge in [-0.25, -0.2) is 4.79 Å². The first kappa shape index (κ1) is 23.8. The molecule has 1 aliphatic carbocycles. The van der Waals surface area contributed by atoms with Crippen molar-refractivity contribution in [3.63, 3.8) is 0 Å². The van der Waals surface area contributed by atoms with Crippen LogP contribution in [0.25, 0.3) is 11.1 Å². The van der Waals surface area contributed by atoms with E-state index in [1.807, 2.05) is 43.3 Å². The van der Waals surface area contributed by atoms with Gasteiger partial charge in [-0.2, -0.15) is 0 Å². The van der Waals surface area contributed by atoms with Crippen LogP contribution < -0.4 is 5.32 Å². The second-order valence-corrected chi connectivity index (χ2v) is 9.23. The predicted octanol–water partition coefficient (Wildman–Crippen LogP) is 4.41. The van der Waals surface area contributed by atoms with Crippen LogP contribution in [0, 0.1) is 5.92 Å². The molecule has 0 saturated carbocycles. The van der Waals surface area contributed by atoms with Crippen LogP contribution in [0.15, 0.2) is 48.5 Å². The number of amides is 2. The molecule has 2 amide bonds. The summed E-state index contributed by atoms with van der Waals surface area (Å²) in [5.74, 6) is -0.946. The number of hydrogen-bond donors (Lipinski definition) is 2. The minimum atomic E-state index is -1.01. The highest BCUT2D eigenvalue weighted by Gasteiger charge is 2.37. The van der Waals surface area contributed by atoms with E-state index in [-0.39, 0.29) is 37.3 Å². The van der Waals surface area contributed by atoms with Crippen LogP contribution in [0.4, 0.5) is 4.79 Å². The maximum absolute atomic E-state index is 13.3. The average Bonchev–Trinajstić information content (AvgIpc) is 3.37. The Morgan fingerprint density at radius 3 is 2.29 bits per heavy atom. The second kappa shape index (κ2) is 10.3. The van der Waals surface area contributed by atoms with Gasteiger partial charge in [-0.1, -0.05) is 62.4 Å². The Balaban J connectivity index is 1.44. The standard InChI is InChI=1S/C27H32N2O5/c1-3-24-17(2)14-15-29(24)26(32)23(12-13-25(30)31)28-27(33)34-16-22-20-10-6-4-8-18(20)19-9-5-7-11-21(19)22/h4-11,17,22-24H,3,12-16H2,1-2H3,(H,28,33)(H,30,31). The molecule has 180 valence electrons. The summed E-state index contributed by atoms with van der Waals surface area (Å²) in [6.07, 6.45) is 0.843. The first-order chi connectivity index (χ1) is 16.4. The van der Waals surface area contributed by atoms with Gasteiger partial charge in [0.2, 0.25) is 5.91 Å². The molecule has 0 bridgehead atoms. The van der Waals surface area contributed by atoms with Gasteiger partial charge in [0.05, 0.1) is 0 Å². The molecule has 0 spiro atoms. The Labute approximate surface area is 200 Å². The Kier molecular flexibility index (Phi) is 7.20. The Hall–Kier alpha value is -3.35. The molecule has 3 atom stereocenters. The van der Waals surface area contributed by atoms with E-state index < -0.39 is 18.1 Å². The number of nitrogens with zero attached hydrogens (tertiary/aromatic N) is 1. The van der Waals surface area contributed by atoms with E-state index in [0.717, 1.165) is 35.1 Å². The van der Waals surface area contributed by atoms with Gasteiger partial charge in [0.15, 0.2) is 0 Å². The highest BCUT2D eigenvalue weighted by Crippen LogP contribution is 2.44. The minimum Gasteiger partial charge on any atom is -0.481 e. The molecule has 3 unspecified atom stereocenters. The van der Waals surface area contributed by atoms with Crippen molar-refractivity contribution in [3.8, 4) is 11.1 Å². The second-order valence-electron chi connectivity index (χ2n) is 9.23. The van der Waals surface area contributed by atoms with E-state index in [2.05, 4.69) is 24.4 Å². The fraction of sp³-hybridized carbons (Fsp3) is 0.444. The van der Waals surface area contributed by atoms with Crippen molar-refractivity contribution in [1.29, 1.82) is 0 Å². The van der Waals surface area contributed by atoms with E-state index >= 15 is 0 Å². The predicted molar refractivity (Wildman–Crippen MR) is 128 cm³/mol. The summed E-state index contributed by atoms with van der Waals surface area (Å²) in [6.45, 7) is 4.91. The zero-order valence-corrected chi connectivity index (χ0v) is 19.7. The van der Waals surface area contributed by atoms with E-state index in [0.29, 0.717) is 12.5 Å². The average molecular weight is 465 g/mol. The third-order valence-corrected chi connectivity index (χ3v) is 7.16. The van der Waals surface area contributed by atoms with Crippen molar-refractivity contribution in [2.24, 2.45) is 5.92 Å². The number of alkyl carbamates (subject to hydrolysis) is 1. The summed E-state index contributed by atoms with van der Waals surface area (Å²) in [7, 11) is 0. The number of benzene rings is 2. The molecule has 34 heavy (non-hydrogen) atoms. The molecule has 1 heterocycles. The molecule has 7 nitrogen and oxygen atoms in total. The summed E-state index contributed by atoms with van der Waals surface area (Å²) >= 11 is 0. The largest absolute Gasteiger partial charge is 0.481 e. The van der Waals surface area contributed by atoms with Gasteiger partial charge in [-0.05, 0) is 47.4 Å². The number of carboxylic acid groups (broad SMARTS) is 1. The zero-order valence-electron chi connectivity index (χ0n) is 19.7. The Morgan fingerprint density at radius 1 is 1.09 bits per heavy atom. The third-order valence-electron chi connectivity index (χ3n) is 7.16. The van der Waals surface area contributed by atoms with Gasteiger partial charge < -0.3 is 20.1 Å². The number of fused-ring (bicyclic) bond motifs is 3. The summed E-state index contributed by atoms with van der Waals surface area (Å²) < 4.78 is 5.60. The fourth-order valence-electron chi connectivity index (χ4n) is 5.41. The first-order valence-corrected chi connectivity index (χ1v) is 12.0. The van der Waals surface area contributed by atoms with Crippen molar-refractivity contribution in [2.45, 2.75) is 57.5 Å².